The van der Waals surface area contributed by atoms with Crippen LogP contribution in [0, 0.1) is 0 Å². The van der Waals surface area contributed by atoms with E-state index in [1.54, 1.807) is 30.6 Å². The van der Waals surface area contributed by atoms with Crippen LogP contribution in [0.15, 0.2) is 54.6 Å². The fourth-order valence-corrected chi connectivity index (χ4v) is 3.60. The SMILES string of the molecule is COc1cc(/C=C/c2nc3c(ccc4ccccc43)s2)ccc1O. The summed E-state index contributed by atoms with van der Waals surface area (Å²) in [5.41, 5.74) is 2.00. The van der Waals surface area contributed by atoms with Gasteiger partial charge in [-0.1, -0.05) is 42.5 Å². The van der Waals surface area contributed by atoms with Crippen molar-refractivity contribution in [2.75, 3.05) is 7.11 Å². The Morgan fingerprint density at radius 2 is 1.92 bits per heavy atom. The zero-order valence-electron chi connectivity index (χ0n) is 13.1. The van der Waals surface area contributed by atoms with Gasteiger partial charge in [0.15, 0.2) is 11.5 Å². The van der Waals surface area contributed by atoms with Gasteiger partial charge in [-0.05, 0) is 35.2 Å². The van der Waals surface area contributed by atoms with Crippen molar-refractivity contribution in [2.24, 2.45) is 0 Å². The Bertz CT molecular complexity index is 1070. The van der Waals surface area contributed by atoms with E-state index >= 15 is 0 Å². The fraction of sp³-hybridized carbons (Fsp3) is 0.0500. The maximum Gasteiger partial charge on any atom is 0.161 e. The number of aromatic hydroxyl groups is 1. The van der Waals surface area contributed by atoms with E-state index in [9.17, 15) is 5.11 Å². The predicted molar refractivity (Wildman–Crippen MR) is 101 cm³/mol. The molecule has 1 heterocycles. The minimum absolute atomic E-state index is 0.140. The predicted octanol–water partition coefficient (Wildman–Crippen LogP) is 5.33. The third-order valence-electron chi connectivity index (χ3n) is 3.92. The molecule has 0 aliphatic rings. The summed E-state index contributed by atoms with van der Waals surface area (Å²) >= 11 is 1.67. The molecule has 4 rings (SSSR count). The molecule has 1 aromatic heterocycles. The lowest BCUT2D eigenvalue weighted by atomic mass is 10.1. The van der Waals surface area contributed by atoms with E-state index in [1.807, 2.05) is 30.4 Å². The first-order valence-electron chi connectivity index (χ1n) is 7.58. The summed E-state index contributed by atoms with van der Waals surface area (Å²) in [6.07, 6.45) is 3.97. The van der Waals surface area contributed by atoms with Crippen molar-refractivity contribution < 1.29 is 9.84 Å². The van der Waals surface area contributed by atoms with Crippen LogP contribution >= 0.6 is 11.3 Å². The highest BCUT2D eigenvalue weighted by Crippen LogP contribution is 2.31. The molecule has 4 aromatic rings. The molecule has 118 valence electrons. The van der Waals surface area contributed by atoms with Crippen LogP contribution in [0.25, 0.3) is 33.1 Å². The number of nitrogens with zero attached hydrogens (tertiary/aromatic N) is 1. The number of benzene rings is 3. The molecule has 0 spiro atoms. The average Bonchev–Trinajstić information content (AvgIpc) is 3.04. The largest absolute Gasteiger partial charge is 0.504 e. The second-order valence-electron chi connectivity index (χ2n) is 5.45. The van der Waals surface area contributed by atoms with Crippen LogP contribution in [0.3, 0.4) is 0 Å². The Morgan fingerprint density at radius 3 is 2.79 bits per heavy atom. The van der Waals surface area contributed by atoms with Crippen LogP contribution in [-0.4, -0.2) is 17.2 Å². The lowest BCUT2D eigenvalue weighted by Gasteiger charge is -2.03. The van der Waals surface area contributed by atoms with Crippen LogP contribution in [0.4, 0.5) is 0 Å². The van der Waals surface area contributed by atoms with Gasteiger partial charge >= 0.3 is 0 Å². The molecule has 0 saturated carbocycles. The average molecular weight is 333 g/mol. The van der Waals surface area contributed by atoms with E-state index in [2.05, 4.69) is 24.3 Å². The van der Waals surface area contributed by atoms with Gasteiger partial charge in [0.25, 0.3) is 0 Å². The Balaban J connectivity index is 1.73. The molecule has 0 unspecified atom stereocenters. The van der Waals surface area contributed by atoms with E-state index in [0.717, 1.165) is 16.1 Å². The molecule has 0 aliphatic carbocycles. The minimum atomic E-state index is 0.140. The lowest BCUT2D eigenvalue weighted by molar-refractivity contribution is 0.373. The molecule has 0 bridgehead atoms. The van der Waals surface area contributed by atoms with Gasteiger partial charge in [0.2, 0.25) is 0 Å². The number of aromatic nitrogens is 1. The summed E-state index contributed by atoms with van der Waals surface area (Å²) in [6, 6.07) is 17.8. The normalized spacial score (nSPS) is 11.5. The summed E-state index contributed by atoms with van der Waals surface area (Å²) < 4.78 is 6.31. The van der Waals surface area contributed by atoms with Crippen LogP contribution < -0.4 is 4.74 Å². The Kier molecular flexibility index (Phi) is 3.67. The highest BCUT2D eigenvalue weighted by atomic mass is 32.1. The minimum Gasteiger partial charge on any atom is -0.504 e. The van der Waals surface area contributed by atoms with E-state index in [1.165, 1.54) is 15.5 Å². The van der Waals surface area contributed by atoms with Crippen LogP contribution in [0.5, 0.6) is 11.5 Å². The summed E-state index contributed by atoms with van der Waals surface area (Å²) in [5, 5.41) is 13.0. The number of fused-ring (bicyclic) bond motifs is 3. The first kappa shape index (κ1) is 14.7. The summed E-state index contributed by atoms with van der Waals surface area (Å²) in [5.74, 6) is 0.605. The van der Waals surface area contributed by atoms with Gasteiger partial charge in [-0.15, -0.1) is 11.3 Å². The number of hydrogen-bond donors (Lipinski definition) is 1. The quantitative estimate of drug-likeness (QED) is 0.551. The number of methoxy groups -OCH3 is 1. The van der Waals surface area contributed by atoms with Gasteiger partial charge in [0.1, 0.15) is 5.01 Å². The third-order valence-corrected chi connectivity index (χ3v) is 4.91. The zero-order chi connectivity index (χ0) is 16.5. The van der Waals surface area contributed by atoms with Gasteiger partial charge in [0.05, 0.1) is 17.3 Å². The molecule has 1 N–H and O–H groups in total. The summed E-state index contributed by atoms with van der Waals surface area (Å²) in [7, 11) is 1.54. The van der Waals surface area contributed by atoms with E-state index in [-0.39, 0.29) is 5.75 Å². The number of hydrogen-bond acceptors (Lipinski definition) is 4. The molecule has 0 saturated heterocycles. The van der Waals surface area contributed by atoms with Crippen LogP contribution in [0.2, 0.25) is 0 Å². The molecule has 24 heavy (non-hydrogen) atoms. The molecular weight excluding hydrogens is 318 g/mol. The highest BCUT2D eigenvalue weighted by molar-refractivity contribution is 7.19. The van der Waals surface area contributed by atoms with Gasteiger partial charge in [-0.3, -0.25) is 0 Å². The van der Waals surface area contributed by atoms with Gasteiger partial charge in [-0.25, -0.2) is 4.98 Å². The smallest absolute Gasteiger partial charge is 0.161 e. The zero-order valence-corrected chi connectivity index (χ0v) is 13.9. The van der Waals surface area contributed by atoms with Gasteiger partial charge in [-0.2, -0.15) is 0 Å². The molecule has 3 nitrogen and oxygen atoms in total. The number of phenols is 1. The highest BCUT2D eigenvalue weighted by Gasteiger charge is 2.06. The maximum absolute atomic E-state index is 9.66. The molecule has 0 amide bonds. The number of rotatable bonds is 3. The van der Waals surface area contributed by atoms with Crippen molar-refractivity contribution in [3.8, 4) is 11.5 Å². The van der Waals surface area contributed by atoms with Crippen molar-refractivity contribution in [2.45, 2.75) is 0 Å². The first-order chi connectivity index (χ1) is 11.7. The summed E-state index contributed by atoms with van der Waals surface area (Å²) in [6.45, 7) is 0. The van der Waals surface area contributed by atoms with E-state index < -0.39 is 0 Å². The molecule has 4 heteroatoms. The van der Waals surface area contributed by atoms with Crippen LogP contribution in [0.1, 0.15) is 10.6 Å². The fourth-order valence-electron chi connectivity index (χ4n) is 2.72. The van der Waals surface area contributed by atoms with Crippen molar-refractivity contribution >= 4 is 44.5 Å². The Labute approximate surface area is 143 Å². The van der Waals surface area contributed by atoms with Gasteiger partial charge in [0, 0.05) is 5.39 Å². The molecule has 3 aromatic carbocycles. The topological polar surface area (TPSA) is 42.4 Å². The third kappa shape index (κ3) is 2.61. The van der Waals surface area contributed by atoms with Crippen molar-refractivity contribution in [3.05, 3.63) is 65.2 Å². The van der Waals surface area contributed by atoms with Gasteiger partial charge < -0.3 is 9.84 Å². The Morgan fingerprint density at radius 1 is 1.04 bits per heavy atom. The van der Waals surface area contributed by atoms with E-state index in [0.29, 0.717) is 5.75 Å². The molecule has 0 fully saturated rings. The molecule has 0 radical (unpaired) electrons. The number of ether oxygens (including phenoxy) is 1. The molecule has 0 aliphatic heterocycles. The Hall–Kier alpha value is -2.85. The summed E-state index contributed by atoms with van der Waals surface area (Å²) in [4.78, 5) is 4.77. The molecule has 0 atom stereocenters. The second kappa shape index (κ2) is 5.98. The second-order valence-corrected chi connectivity index (χ2v) is 6.51. The van der Waals surface area contributed by atoms with E-state index in [4.69, 9.17) is 9.72 Å². The van der Waals surface area contributed by atoms with Crippen molar-refractivity contribution in [1.29, 1.82) is 0 Å². The standard InChI is InChI=1S/C20H15NO2S/c1-23-17-12-13(6-9-16(17)22)7-11-19-21-20-15-5-3-2-4-14(15)8-10-18(20)24-19/h2-12,22H,1H3/b11-7+. The van der Waals surface area contributed by atoms with Crippen molar-refractivity contribution in [3.63, 3.8) is 0 Å². The number of phenolic OH excluding ortho intramolecular Hbond substituents is 1. The maximum atomic E-state index is 9.66. The lowest BCUT2D eigenvalue weighted by Crippen LogP contribution is -1.84. The monoisotopic (exact) mass is 333 g/mol. The van der Waals surface area contributed by atoms with Crippen molar-refractivity contribution in [1.82, 2.24) is 4.98 Å². The first-order valence-corrected chi connectivity index (χ1v) is 8.39. The molecular formula is C20H15NO2S. The number of thiazole rings is 1. The van der Waals surface area contributed by atoms with Crippen LogP contribution in [-0.2, 0) is 0 Å².